The highest BCUT2D eigenvalue weighted by Gasteiger charge is 2.37. The second-order valence-corrected chi connectivity index (χ2v) is 8.63. The van der Waals surface area contributed by atoms with Crippen LogP contribution in [0.2, 0.25) is 0 Å². The van der Waals surface area contributed by atoms with Gasteiger partial charge in [0.1, 0.15) is 11.5 Å². The third-order valence-electron chi connectivity index (χ3n) is 6.69. The van der Waals surface area contributed by atoms with Gasteiger partial charge in [-0.2, -0.15) is 0 Å². The number of fused-ring (bicyclic) bond motifs is 1. The number of ether oxygens (including phenoxy) is 2. The van der Waals surface area contributed by atoms with Crippen LogP contribution in [0.3, 0.4) is 0 Å². The molecule has 33 heavy (non-hydrogen) atoms. The fraction of sp³-hybridized carbons (Fsp3) is 0.250. The SMILES string of the molecule is COc1ccc(OC)c(C2CC(=O)C3=C(C2)Nc2ccccc2NC3c2ccccc2C)c1. The van der Waals surface area contributed by atoms with Crippen molar-refractivity contribution in [2.75, 3.05) is 24.9 Å². The number of para-hydroxylation sites is 2. The summed E-state index contributed by atoms with van der Waals surface area (Å²) in [5.41, 5.74) is 7.03. The van der Waals surface area contributed by atoms with Crippen LogP contribution in [-0.4, -0.2) is 20.0 Å². The molecule has 3 aromatic carbocycles. The summed E-state index contributed by atoms with van der Waals surface area (Å²) in [4.78, 5) is 13.8. The summed E-state index contributed by atoms with van der Waals surface area (Å²) >= 11 is 0. The van der Waals surface area contributed by atoms with Crippen molar-refractivity contribution in [2.24, 2.45) is 0 Å². The van der Waals surface area contributed by atoms with Gasteiger partial charge in [-0.15, -0.1) is 0 Å². The number of carbonyl (C=O) groups excluding carboxylic acids is 1. The molecule has 1 aliphatic heterocycles. The van der Waals surface area contributed by atoms with Crippen LogP contribution in [0.25, 0.3) is 0 Å². The van der Waals surface area contributed by atoms with Gasteiger partial charge in [0.25, 0.3) is 0 Å². The van der Waals surface area contributed by atoms with Gasteiger partial charge in [0.15, 0.2) is 5.78 Å². The zero-order valence-corrected chi connectivity index (χ0v) is 19.1. The number of benzene rings is 3. The Morgan fingerprint density at radius 1 is 0.848 bits per heavy atom. The van der Waals surface area contributed by atoms with E-state index in [2.05, 4.69) is 35.8 Å². The molecular formula is C28H28N2O3. The molecule has 168 valence electrons. The predicted octanol–water partition coefficient (Wildman–Crippen LogP) is 5.99. The number of hydrogen-bond acceptors (Lipinski definition) is 5. The lowest BCUT2D eigenvalue weighted by atomic mass is 9.78. The van der Waals surface area contributed by atoms with Crippen molar-refractivity contribution < 1.29 is 14.3 Å². The van der Waals surface area contributed by atoms with Crippen molar-refractivity contribution in [1.82, 2.24) is 0 Å². The van der Waals surface area contributed by atoms with Crippen LogP contribution in [0.4, 0.5) is 11.4 Å². The quantitative estimate of drug-likeness (QED) is 0.522. The minimum Gasteiger partial charge on any atom is -0.497 e. The first kappa shape index (κ1) is 21.1. The van der Waals surface area contributed by atoms with Crippen molar-refractivity contribution in [1.29, 1.82) is 0 Å². The van der Waals surface area contributed by atoms with Crippen LogP contribution >= 0.6 is 0 Å². The largest absolute Gasteiger partial charge is 0.497 e. The zero-order chi connectivity index (χ0) is 22.9. The summed E-state index contributed by atoms with van der Waals surface area (Å²) in [5.74, 6) is 1.68. The Labute approximate surface area is 194 Å². The van der Waals surface area contributed by atoms with Crippen LogP contribution in [0.15, 0.2) is 78.0 Å². The van der Waals surface area contributed by atoms with Gasteiger partial charge in [0, 0.05) is 29.2 Å². The second kappa shape index (κ2) is 8.66. The first-order chi connectivity index (χ1) is 16.1. The van der Waals surface area contributed by atoms with Gasteiger partial charge in [0.2, 0.25) is 0 Å². The van der Waals surface area contributed by atoms with Crippen LogP contribution in [-0.2, 0) is 4.79 Å². The van der Waals surface area contributed by atoms with Gasteiger partial charge < -0.3 is 20.1 Å². The maximum Gasteiger partial charge on any atom is 0.163 e. The average Bonchev–Trinajstić information content (AvgIpc) is 3.00. The summed E-state index contributed by atoms with van der Waals surface area (Å²) in [6.45, 7) is 2.10. The van der Waals surface area contributed by atoms with Gasteiger partial charge in [-0.05, 0) is 54.8 Å². The highest BCUT2D eigenvalue weighted by Crippen LogP contribution is 2.46. The number of hydrogen-bond donors (Lipinski definition) is 2. The lowest BCUT2D eigenvalue weighted by Gasteiger charge is -2.31. The molecule has 3 aromatic rings. The molecule has 0 bridgehead atoms. The van der Waals surface area contributed by atoms with E-state index >= 15 is 0 Å². The number of allylic oxidation sites excluding steroid dienone is 1. The molecule has 1 heterocycles. The molecule has 5 nitrogen and oxygen atoms in total. The number of rotatable bonds is 4. The van der Waals surface area contributed by atoms with Gasteiger partial charge in [-0.25, -0.2) is 0 Å². The molecule has 0 radical (unpaired) electrons. The first-order valence-electron chi connectivity index (χ1n) is 11.2. The van der Waals surface area contributed by atoms with Gasteiger partial charge in [0.05, 0.1) is 31.6 Å². The number of nitrogens with one attached hydrogen (secondary N) is 2. The smallest absolute Gasteiger partial charge is 0.163 e. The molecule has 0 spiro atoms. The molecule has 0 amide bonds. The number of methoxy groups -OCH3 is 2. The third kappa shape index (κ3) is 3.84. The average molecular weight is 441 g/mol. The number of carbonyl (C=O) groups is 1. The van der Waals surface area contributed by atoms with Crippen molar-refractivity contribution in [3.8, 4) is 11.5 Å². The van der Waals surface area contributed by atoms with E-state index in [0.717, 1.165) is 50.8 Å². The van der Waals surface area contributed by atoms with E-state index in [1.807, 2.05) is 48.5 Å². The highest BCUT2D eigenvalue weighted by molar-refractivity contribution is 6.01. The zero-order valence-electron chi connectivity index (χ0n) is 19.1. The number of Topliss-reactive ketones (excluding diaryl/α,β-unsaturated/α-hetero) is 1. The van der Waals surface area contributed by atoms with Crippen molar-refractivity contribution in [2.45, 2.75) is 31.7 Å². The van der Waals surface area contributed by atoms with E-state index in [1.54, 1.807) is 14.2 Å². The molecule has 5 heteroatoms. The molecule has 0 saturated carbocycles. The van der Waals surface area contributed by atoms with Gasteiger partial charge in [-0.3, -0.25) is 4.79 Å². The monoisotopic (exact) mass is 440 g/mol. The maximum atomic E-state index is 13.8. The number of ketones is 1. The van der Waals surface area contributed by atoms with Crippen LogP contribution < -0.4 is 20.1 Å². The van der Waals surface area contributed by atoms with Crippen LogP contribution in [0, 0.1) is 6.92 Å². The summed E-state index contributed by atoms with van der Waals surface area (Å²) < 4.78 is 11.1. The van der Waals surface area contributed by atoms with Crippen molar-refractivity contribution in [3.05, 3.63) is 94.7 Å². The van der Waals surface area contributed by atoms with E-state index in [0.29, 0.717) is 12.8 Å². The fourth-order valence-corrected chi connectivity index (χ4v) is 5.01. The molecule has 2 atom stereocenters. The summed E-state index contributed by atoms with van der Waals surface area (Å²) in [5, 5.41) is 7.26. The Kier molecular flexibility index (Phi) is 5.55. The van der Waals surface area contributed by atoms with E-state index in [4.69, 9.17) is 9.47 Å². The molecule has 0 fully saturated rings. The second-order valence-electron chi connectivity index (χ2n) is 8.63. The molecule has 0 aromatic heterocycles. The summed E-state index contributed by atoms with van der Waals surface area (Å²) in [6.07, 6.45) is 1.13. The fourth-order valence-electron chi connectivity index (χ4n) is 5.01. The number of anilines is 2. The molecule has 5 rings (SSSR count). The first-order valence-corrected chi connectivity index (χ1v) is 11.2. The Bertz CT molecular complexity index is 1250. The molecule has 2 unspecified atom stereocenters. The van der Waals surface area contributed by atoms with Crippen molar-refractivity contribution >= 4 is 17.2 Å². The molecule has 1 aliphatic carbocycles. The topological polar surface area (TPSA) is 59.6 Å². The van der Waals surface area contributed by atoms with Gasteiger partial charge in [-0.1, -0.05) is 36.4 Å². The summed E-state index contributed by atoms with van der Waals surface area (Å²) in [7, 11) is 3.32. The molecule has 2 aliphatic rings. The lowest BCUT2D eigenvalue weighted by Crippen LogP contribution is -2.27. The molecule has 2 N–H and O–H groups in total. The van der Waals surface area contributed by atoms with E-state index in [9.17, 15) is 4.79 Å². The minimum atomic E-state index is -0.210. The standard InChI is InChI=1S/C28H28N2O3/c1-17-8-4-5-9-20(17)28-27-24(29-22-10-6-7-11-23(22)30-28)14-18(15-25(27)31)21-16-19(32-2)12-13-26(21)33-3/h4-13,16,18,28-30H,14-15H2,1-3H3. The Hall–Kier alpha value is -3.73. The van der Waals surface area contributed by atoms with E-state index < -0.39 is 0 Å². The molecular weight excluding hydrogens is 412 g/mol. The van der Waals surface area contributed by atoms with Gasteiger partial charge >= 0.3 is 0 Å². The Morgan fingerprint density at radius 3 is 2.36 bits per heavy atom. The normalized spacial score (nSPS) is 19.5. The number of aryl methyl sites for hydroxylation is 1. The van der Waals surface area contributed by atoms with E-state index in [-0.39, 0.29) is 17.7 Å². The Morgan fingerprint density at radius 2 is 1.61 bits per heavy atom. The minimum absolute atomic E-state index is 0.00316. The van der Waals surface area contributed by atoms with Crippen LogP contribution in [0.1, 0.15) is 41.5 Å². The van der Waals surface area contributed by atoms with Crippen molar-refractivity contribution in [3.63, 3.8) is 0 Å². The molecule has 0 saturated heterocycles. The maximum absolute atomic E-state index is 13.8. The lowest BCUT2D eigenvalue weighted by molar-refractivity contribution is -0.116. The van der Waals surface area contributed by atoms with E-state index in [1.165, 1.54) is 0 Å². The van der Waals surface area contributed by atoms with Crippen LogP contribution in [0.5, 0.6) is 11.5 Å². The predicted molar refractivity (Wildman–Crippen MR) is 131 cm³/mol. The third-order valence-corrected chi connectivity index (χ3v) is 6.69. The Balaban J connectivity index is 1.63. The highest BCUT2D eigenvalue weighted by atomic mass is 16.5. The summed E-state index contributed by atoms with van der Waals surface area (Å²) in [6, 6.07) is 22.0.